The van der Waals surface area contributed by atoms with Gasteiger partial charge >= 0.3 is 0 Å². The van der Waals surface area contributed by atoms with Crippen LogP contribution in [-0.2, 0) is 4.74 Å². The van der Waals surface area contributed by atoms with E-state index in [9.17, 15) is 4.79 Å². The fraction of sp³-hybridized carbons (Fsp3) is 0.214. The first kappa shape index (κ1) is 23.4. The summed E-state index contributed by atoms with van der Waals surface area (Å²) in [7, 11) is 0. The Hall–Kier alpha value is -3.74. The lowest BCUT2D eigenvalue weighted by Crippen LogP contribution is -2.25. The predicted octanol–water partition coefficient (Wildman–Crippen LogP) is 5.16. The average Bonchev–Trinajstić information content (AvgIpc) is 2.89. The molecule has 6 nitrogen and oxygen atoms in total. The third kappa shape index (κ3) is 5.98. The van der Waals surface area contributed by atoms with E-state index in [0.29, 0.717) is 18.8 Å². The van der Waals surface area contributed by atoms with Crippen LogP contribution in [-0.4, -0.2) is 43.8 Å². The molecular formula is C28H29N3O3. The second-order valence-corrected chi connectivity index (χ2v) is 7.72. The van der Waals surface area contributed by atoms with Crippen LogP contribution < -0.4 is 15.4 Å². The first-order valence-electron chi connectivity index (χ1n) is 11.5. The molecule has 1 amide bonds. The second kappa shape index (κ2) is 11.9. The lowest BCUT2D eigenvalue weighted by molar-refractivity contribution is 0.102. The van der Waals surface area contributed by atoms with E-state index in [4.69, 9.17) is 9.47 Å². The highest BCUT2D eigenvalue weighted by molar-refractivity contribution is 6.10. The molecule has 1 aromatic heterocycles. The summed E-state index contributed by atoms with van der Waals surface area (Å²) in [6.07, 6.45) is 3.49. The van der Waals surface area contributed by atoms with Crippen molar-refractivity contribution >= 4 is 22.4 Å². The Morgan fingerprint density at radius 3 is 2.47 bits per heavy atom. The summed E-state index contributed by atoms with van der Waals surface area (Å²) < 4.78 is 11.3. The Balaban J connectivity index is 1.46. The van der Waals surface area contributed by atoms with Crippen LogP contribution in [0, 0.1) is 0 Å². The zero-order valence-electron chi connectivity index (χ0n) is 19.3. The van der Waals surface area contributed by atoms with Gasteiger partial charge in [0.2, 0.25) is 0 Å². The maximum absolute atomic E-state index is 13.1. The van der Waals surface area contributed by atoms with Crippen molar-refractivity contribution in [1.82, 2.24) is 10.3 Å². The van der Waals surface area contributed by atoms with Gasteiger partial charge in [0.15, 0.2) is 0 Å². The molecule has 3 aromatic carbocycles. The molecule has 0 unspecified atom stereocenters. The lowest BCUT2D eigenvalue weighted by atomic mass is 10.0. The number of aromatic nitrogens is 1. The van der Waals surface area contributed by atoms with Gasteiger partial charge in [-0.3, -0.25) is 9.78 Å². The maximum atomic E-state index is 13.1. The third-order valence-corrected chi connectivity index (χ3v) is 5.43. The first-order chi connectivity index (χ1) is 16.8. The Morgan fingerprint density at radius 2 is 1.65 bits per heavy atom. The first-order valence-corrected chi connectivity index (χ1v) is 11.5. The highest BCUT2D eigenvalue weighted by Gasteiger charge is 2.12. The molecule has 4 rings (SSSR count). The Kier molecular flexibility index (Phi) is 8.22. The Morgan fingerprint density at radius 1 is 0.853 bits per heavy atom. The monoisotopic (exact) mass is 455 g/mol. The number of ether oxygens (including phenoxy) is 2. The number of fused-ring (bicyclic) bond motifs is 1. The van der Waals surface area contributed by atoms with Crippen LogP contribution in [0.2, 0.25) is 0 Å². The van der Waals surface area contributed by atoms with Crippen LogP contribution in [0.1, 0.15) is 17.3 Å². The molecule has 0 fully saturated rings. The van der Waals surface area contributed by atoms with Crippen LogP contribution in [0.4, 0.5) is 5.69 Å². The van der Waals surface area contributed by atoms with Crippen molar-refractivity contribution < 1.29 is 14.3 Å². The van der Waals surface area contributed by atoms with Crippen LogP contribution in [0.25, 0.3) is 21.9 Å². The highest BCUT2D eigenvalue weighted by atomic mass is 16.5. The molecule has 0 spiro atoms. The molecule has 0 saturated carbocycles. The molecule has 1 heterocycles. The van der Waals surface area contributed by atoms with Gasteiger partial charge in [-0.15, -0.1) is 0 Å². The number of rotatable bonds is 11. The topological polar surface area (TPSA) is 72.5 Å². The number of hydrogen-bond donors (Lipinski definition) is 2. The van der Waals surface area contributed by atoms with E-state index >= 15 is 0 Å². The fourth-order valence-electron chi connectivity index (χ4n) is 3.73. The minimum atomic E-state index is -0.159. The normalized spacial score (nSPS) is 10.9. The van der Waals surface area contributed by atoms with Crippen molar-refractivity contribution in [3.8, 4) is 16.9 Å². The molecule has 0 saturated heterocycles. The molecule has 2 N–H and O–H groups in total. The molecule has 0 aliphatic heterocycles. The molecule has 6 heteroatoms. The van der Waals surface area contributed by atoms with Gasteiger partial charge in [0.1, 0.15) is 12.4 Å². The number of nitrogens with one attached hydrogen (secondary N) is 2. The van der Waals surface area contributed by atoms with E-state index in [-0.39, 0.29) is 5.91 Å². The van der Waals surface area contributed by atoms with Crippen LogP contribution in [0.15, 0.2) is 85.2 Å². The van der Waals surface area contributed by atoms with Crippen LogP contribution >= 0.6 is 0 Å². The van der Waals surface area contributed by atoms with Gasteiger partial charge < -0.3 is 20.1 Å². The largest absolute Gasteiger partial charge is 0.492 e. The zero-order chi connectivity index (χ0) is 23.6. The van der Waals surface area contributed by atoms with E-state index in [0.717, 1.165) is 53.0 Å². The molecule has 4 aromatic rings. The van der Waals surface area contributed by atoms with Gasteiger partial charge in [0, 0.05) is 54.1 Å². The van der Waals surface area contributed by atoms with Crippen molar-refractivity contribution in [2.75, 3.05) is 38.2 Å². The van der Waals surface area contributed by atoms with Gasteiger partial charge in [-0.05, 0) is 54.4 Å². The van der Waals surface area contributed by atoms with Crippen LogP contribution in [0.5, 0.6) is 5.75 Å². The number of benzene rings is 3. The number of nitrogens with zero attached hydrogens (tertiary/aromatic N) is 1. The number of amides is 1. The molecule has 0 bridgehead atoms. The third-order valence-electron chi connectivity index (χ3n) is 5.43. The quantitative estimate of drug-likeness (QED) is 0.306. The van der Waals surface area contributed by atoms with E-state index in [1.165, 1.54) is 0 Å². The summed E-state index contributed by atoms with van der Waals surface area (Å²) >= 11 is 0. The van der Waals surface area contributed by atoms with Gasteiger partial charge in [0.05, 0.1) is 6.61 Å². The summed E-state index contributed by atoms with van der Waals surface area (Å²) in [5.41, 5.74) is 3.33. The lowest BCUT2D eigenvalue weighted by Gasteiger charge is -2.14. The van der Waals surface area contributed by atoms with E-state index < -0.39 is 0 Å². The molecule has 0 radical (unpaired) electrons. The molecule has 174 valence electrons. The summed E-state index contributed by atoms with van der Waals surface area (Å²) in [5.74, 6) is 0.633. The predicted molar refractivity (Wildman–Crippen MR) is 136 cm³/mol. The number of hydrogen-bond acceptors (Lipinski definition) is 5. The van der Waals surface area contributed by atoms with Crippen molar-refractivity contribution in [3.63, 3.8) is 0 Å². The average molecular weight is 456 g/mol. The molecule has 34 heavy (non-hydrogen) atoms. The molecule has 0 aliphatic carbocycles. The summed E-state index contributed by atoms with van der Waals surface area (Å²) in [6.45, 7) is 5.48. The Bertz CT molecular complexity index is 1230. The highest BCUT2D eigenvalue weighted by Crippen LogP contribution is 2.32. The van der Waals surface area contributed by atoms with Crippen molar-refractivity contribution in [2.24, 2.45) is 0 Å². The number of pyridine rings is 1. The van der Waals surface area contributed by atoms with Gasteiger partial charge in [-0.25, -0.2) is 0 Å². The fourth-order valence-corrected chi connectivity index (χ4v) is 3.73. The standard InChI is InChI=1S/C28H29N3O3/c1-2-33-18-16-30-17-19-34-27-11-10-26(24-8-3-4-9-25(24)27)31-28(32)23-7-5-6-22(20-23)21-12-14-29-15-13-21/h3-15,20,30H,2,16-19H2,1H3,(H,31,32). The summed E-state index contributed by atoms with van der Waals surface area (Å²) in [5, 5.41) is 8.26. The van der Waals surface area contributed by atoms with Gasteiger partial charge in [0.25, 0.3) is 5.91 Å². The molecule has 0 atom stereocenters. The summed E-state index contributed by atoms with van der Waals surface area (Å²) in [4.78, 5) is 17.1. The number of carbonyl (C=O) groups is 1. The van der Waals surface area contributed by atoms with E-state index in [2.05, 4.69) is 15.6 Å². The Labute approximate surface area is 199 Å². The number of anilines is 1. The molecule has 0 aliphatic rings. The van der Waals surface area contributed by atoms with Gasteiger partial charge in [-0.2, -0.15) is 0 Å². The summed E-state index contributed by atoms with van der Waals surface area (Å²) in [6, 6.07) is 23.2. The minimum absolute atomic E-state index is 0.159. The maximum Gasteiger partial charge on any atom is 0.255 e. The van der Waals surface area contributed by atoms with Crippen molar-refractivity contribution in [2.45, 2.75) is 6.92 Å². The van der Waals surface area contributed by atoms with Crippen LogP contribution in [0.3, 0.4) is 0 Å². The number of carbonyl (C=O) groups excluding carboxylic acids is 1. The van der Waals surface area contributed by atoms with Gasteiger partial charge in [-0.1, -0.05) is 36.4 Å². The van der Waals surface area contributed by atoms with Crippen molar-refractivity contribution in [1.29, 1.82) is 0 Å². The second-order valence-electron chi connectivity index (χ2n) is 7.72. The molecular weight excluding hydrogens is 426 g/mol. The smallest absolute Gasteiger partial charge is 0.255 e. The van der Waals surface area contributed by atoms with Crippen molar-refractivity contribution in [3.05, 3.63) is 90.8 Å². The van der Waals surface area contributed by atoms with E-state index in [1.54, 1.807) is 12.4 Å². The minimum Gasteiger partial charge on any atom is -0.492 e. The SMILES string of the molecule is CCOCCNCCOc1ccc(NC(=O)c2cccc(-c3ccncc3)c2)c2ccccc12. The zero-order valence-corrected chi connectivity index (χ0v) is 19.3. The van der Waals surface area contributed by atoms with E-state index in [1.807, 2.05) is 79.7 Å².